The molecule has 0 aromatic heterocycles. The highest BCUT2D eigenvalue weighted by Gasteiger charge is 2.11. The van der Waals surface area contributed by atoms with Crippen molar-refractivity contribution in [3.05, 3.63) is 59.2 Å². The lowest BCUT2D eigenvalue weighted by Crippen LogP contribution is -2.15. The van der Waals surface area contributed by atoms with Gasteiger partial charge < -0.3 is 10.1 Å². The number of hydrogen-bond donors (Lipinski definition) is 1. The highest BCUT2D eigenvalue weighted by Crippen LogP contribution is 2.22. The topological polar surface area (TPSA) is 55.4 Å². The summed E-state index contributed by atoms with van der Waals surface area (Å²) in [6.07, 6.45) is 0. The van der Waals surface area contributed by atoms with E-state index in [2.05, 4.69) is 10.1 Å². The first-order chi connectivity index (χ1) is 11.4. The summed E-state index contributed by atoms with van der Waals surface area (Å²) < 4.78 is 30.6. The number of carbonyl (C=O) groups is 2. The predicted molar refractivity (Wildman–Crippen MR) is 88.2 cm³/mol. The van der Waals surface area contributed by atoms with Crippen LogP contribution < -0.4 is 5.32 Å². The summed E-state index contributed by atoms with van der Waals surface area (Å²) in [6, 6.07) is 8.29. The van der Waals surface area contributed by atoms with Crippen LogP contribution in [0.25, 0.3) is 0 Å². The zero-order valence-electron chi connectivity index (χ0n) is 13.1. The molecule has 24 heavy (non-hydrogen) atoms. The maximum Gasteiger partial charge on any atom is 0.337 e. The molecule has 0 fully saturated rings. The van der Waals surface area contributed by atoms with Crippen LogP contribution in [0.2, 0.25) is 0 Å². The fourth-order valence-electron chi connectivity index (χ4n) is 1.90. The van der Waals surface area contributed by atoms with Crippen molar-refractivity contribution in [2.75, 3.05) is 18.2 Å². The van der Waals surface area contributed by atoms with E-state index in [0.29, 0.717) is 16.1 Å². The third-order valence-electron chi connectivity index (χ3n) is 3.19. The van der Waals surface area contributed by atoms with Gasteiger partial charge in [-0.3, -0.25) is 4.79 Å². The first-order valence-electron chi connectivity index (χ1n) is 6.97. The lowest BCUT2D eigenvalue weighted by molar-refractivity contribution is -0.113. The molecule has 1 amide bonds. The molecule has 0 radical (unpaired) electrons. The summed E-state index contributed by atoms with van der Waals surface area (Å²) in [5.41, 5.74) is 1.61. The second-order valence-electron chi connectivity index (χ2n) is 4.93. The standard InChI is InChI=1S/C17H15F2NO3S/c1-10-3-4-11(17(22)23-2)7-15(10)20-16(21)9-24-12-5-6-13(18)14(19)8-12/h3-8H,9H2,1-2H3,(H,20,21). The molecule has 7 heteroatoms. The van der Waals surface area contributed by atoms with Crippen LogP contribution in [0.1, 0.15) is 15.9 Å². The van der Waals surface area contributed by atoms with Gasteiger partial charge in [0.25, 0.3) is 0 Å². The van der Waals surface area contributed by atoms with Crippen LogP contribution in [-0.2, 0) is 9.53 Å². The van der Waals surface area contributed by atoms with Crippen molar-refractivity contribution < 1.29 is 23.1 Å². The van der Waals surface area contributed by atoms with Crippen molar-refractivity contribution in [3.63, 3.8) is 0 Å². The summed E-state index contributed by atoms with van der Waals surface area (Å²) in [5.74, 6) is -2.69. The molecule has 2 rings (SSSR count). The van der Waals surface area contributed by atoms with Gasteiger partial charge in [0.1, 0.15) is 0 Å². The number of benzene rings is 2. The Bertz CT molecular complexity index is 780. The van der Waals surface area contributed by atoms with E-state index < -0.39 is 17.6 Å². The molecule has 0 spiro atoms. The third-order valence-corrected chi connectivity index (χ3v) is 4.19. The first-order valence-corrected chi connectivity index (χ1v) is 7.96. The van der Waals surface area contributed by atoms with Gasteiger partial charge in [-0.2, -0.15) is 0 Å². The van der Waals surface area contributed by atoms with Crippen molar-refractivity contribution in [1.82, 2.24) is 0 Å². The molecular weight excluding hydrogens is 336 g/mol. The van der Waals surface area contributed by atoms with Gasteiger partial charge in [-0.15, -0.1) is 11.8 Å². The molecule has 2 aromatic carbocycles. The van der Waals surface area contributed by atoms with Gasteiger partial charge in [0.05, 0.1) is 18.4 Å². The molecule has 0 unspecified atom stereocenters. The smallest absolute Gasteiger partial charge is 0.337 e. The maximum absolute atomic E-state index is 13.1. The van der Waals surface area contributed by atoms with E-state index in [0.717, 1.165) is 29.5 Å². The molecule has 1 N–H and O–H groups in total. The van der Waals surface area contributed by atoms with Crippen LogP contribution in [0, 0.1) is 18.6 Å². The predicted octanol–water partition coefficient (Wildman–Crippen LogP) is 3.79. The minimum Gasteiger partial charge on any atom is -0.465 e. The molecule has 0 aliphatic rings. The number of halogens is 2. The Hall–Kier alpha value is -2.41. The molecule has 0 bridgehead atoms. The lowest BCUT2D eigenvalue weighted by atomic mass is 10.1. The van der Waals surface area contributed by atoms with Crippen LogP contribution in [-0.4, -0.2) is 24.7 Å². The Kier molecular flexibility index (Phi) is 5.92. The minimum atomic E-state index is -0.956. The van der Waals surface area contributed by atoms with E-state index in [4.69, 9.17) is 0 Å². The van der Waals surface area contributed by atoms with Gasteiger partial charge in [-0.1, -0.05) is 6.07 Å². The Morgan fingerprint density at radius 1 is 1.12 bits per heavy atom. The lowest BCUT2D eigenvalue weighted by Gasteiger charge is -2.10. The van der Waals surface area contributed by atoms with Gasteiger partial charge in [0, 0.05) is 10.6 Å². The highest BCUT2D eigenvalue weighted by atomic mass is 32.2. The number of aryl methyl sites for hydroxylation is 1. The molecule has 0 saturated heterocycles. The molecule has 4 nitrogen and oxygen atoms in total. The van der Waals surface area contributed by atoms with Crippen molar-refractivity contribution >= 4 is 29.3 Å². The average molecular weight is 351 g/mol. The first kappa shape index (κ1) is 17.9. The monoisotopic (exact) mass is 351 g/mol. The summed E-state index contributed by atoms with van der Waals surface area (Å²) in [4.78, 5) is 24.0. The van der Waals surface area contributed by atoms with E-state index >= 15 is 0 Å². The van der Waals surface area contributed by atoms with Crippen LogP contribution in [0.4, 0.5) is 14.5 Å². The maximum atomic E-state index is 13.1. The largest absolute Gasteiger partial charge is 0.465 e. The molecule has 126 valence electrons. The number of amides is 1. The van der Waals surface area contributed by atoms with Crippen LogP contribution in [0.5, 0.6) is 0 Å². The normalized spacial score (nSPS) is 10.3. The molecule has 0 atom stereocenters. The van der Waals surface area contributed by atoms with Gasteiger partial charge in [-0.25, -0.2) is 13.6 Å². The Balaban J connectivity index is 2.01. The van der Waals surface area contributed by atoms with Gasteiger partial charge in [-0.05, 0) is 42.8 Å². The number of thioether (sulfide) groups is 1. The fraction of sp³-hybridized carbons (Fsp3) is 0.176. The molecule has 0 aliphatic heterocycles. The van der Waals surface area contributed by atoms with Gasteiger partial charge in [0.2, 0.25) is 5.91 Å². The highest BCUT2D eigenvalue weighted by molar-refractivity contribution is 8.00. The Morgan fingerprint density at radius 2 is 1.88 bits per heavy atom. The van der Waals surface area contributed by atoms with Crippen LogP contribution >= 0.6 is 11.8 Å². The Morgan fingerprint density at radius 3 is 2.54 bits per heavy atom. The fourth-order valence-corrected chi connectivity index (χ4v) is 2.62. The van der Waals surface area contributed by atoms with E-state index in [-0.39, 0.29) is 11.7 Å². The molecule has 2 aromatic rings. The summed E-state index contributed by atoms with van der Waals surface area (Å²) in [6.45, 7) is 1.79. The number of hydrogen-bond acceptors (Lipinski definition) is 4. The number of carbonyl (C=O) groups excluding carboxylic acids is 2. The number of methoxy groups -OCH3 is 1. The van der Waals surface area contributed by atoms with Gasteiger partial charge >= 0.3 is 5.97 Å². The minimum absolute atomic E-state index is 0.0208. The quantitative estimate of drug-likeness (QED) is 0.658. The van der Waals surface area contributed by atoms with E-state index in [9.17, 15) is 18.4 Å². The molecule has 0 aliphatic carbocycles. The molecular formula is C17H15F2NO3S. The second-order valence-corrected chi connectivity index (χ2v) is 5.98. The van der Waals surface area contributed by atoms with Gasteiger partial charge in [0.15, 0.2) is 11.6 Å². The van der Waals surface area contributed by atoms with Crippen LogP contribution in [0.3, 0.4) is 0 Å². The zero-order chi connectivity index (χ0) is 17.7. The third kappa shape index (κ3) is 4.55. The van der Waals surface area contributed by atoms with Crippen molar-refractivity contribution in [3.8, 4) is 0 Å². The Labute approximate surface area is 142 Å². The van der Waals surface area contributed by atoms with Crippen molar-refractivity contribution in [2.45, 2.75) is 11.8 Å². The SMILES string of the molecule is COC(=O)c1ccc(C)c(NC(=O)CSc2ccc(F)c(F)c2)c1. The number of nitrogens with one attached hydrogen (secondary N) is 1. The van der Waals surface area contributed by atoms with E-state index in [1.165, 1.54) is 19.2 Å². The number of esters is 1. The molecule has 0 heterocycles. The van der Waals surface area contributed by atoms with E-state index in [1.807, 2.05) is 0 Å². The average Bonchev–Trinajstić information content (AvgIpc) is 2.57. The van der Waals surface area contributed by atoms with Crippen molar-refractivity contribution in [2.24, 2.45) is 0 Å². The summed E-state index contributed by atoms with van der Waals surface area (Å²) in [5, 5.41) is 2.69. The number of ether oxygens (including phenoxy) is 1. The number of anilines is 1. The summed E-state index contributed by atoms with van der Waals surface area (Å²) >= 11 is 1.08. The number of rotatable bonds is 5. The second kappa shape index (κ2) is 7.92. The van der Waals surface area contributed by atoms with Crippen LogP contribution in [0.15, 0.2) is 41.3 Å². The summed E-state index contributed by atoms with van der Waals surface area (Å²) in [7, 11) is 1.28. The van der Waals surface area contributed by atoms with E-state index in [1.54, 1.807) is 19.1 Å². The van der Waals surface area contributed by atoms with Crippen molar-refractivity contribution in [1.29, 1.82) is 0 Å². The molecule has 0 saturated carbocycles. The zero-order valence-corrected chi connectivity index (χ0v) is 13.9.